The number of para-hydroxylation sites is 2. The summed E-state index contributed by atoms with van der Waals surface area (Å²) < 4.78 is 13.1. The lowest BCUT2D eigenvalue weighted by Crippen LogP contribution is -2.14. The number of aryl methyl sites for hydroxylation is 3. The minimum absolute atomic E-state index is 0.0965. The van der Waals surface area contributed by atoms with Gasteiger partial charge in [-0.05, 0) is 63.9 Å². The van der Waals surface area contributed by atoms with E-state index in [0.717, 1.165) is 33.5 Å². The molecule has 1 N–H and O–H groups in total. The number of pyridine rings is 1. The van der Waals surface area contributed by atoms with E-state index in [-0.39, 0.29) is 12.3 Å². The molecule has 7 nitrogen and oxygen atoms in total. The van der Waals surface area contributed by atoms with Crippen LogP contribution in [-0.2, 0) is 11.2 Å². The van der Waals surface area contributed by atoms with Gasteiger partial charge in [0, 0.05) is 17.4 Å². The second-order valence-electron chi connectivity index (χ2n) is 8.23. The van der Waals surface area contributed by atoms with Gasteiger partial charge in [-0.25, -0.2) is 4.68 Å². The van der Waals surface area contributed by atoms with E-state index >= 15 is 0 Å². The summed E-state index contributed by atoms with van der Waals surface area (Å²) in [5.74, 6) is 1.08. The molecule has 2 aromatic heterocycles. The fourth-order valence-corrected chi connectivity index (χ4v) is 4.16. The molecular formula is C27H30N4O3. The van der Waals surface area contributed by atoms with Crippen LogP contribution in [0.1, 0.15) is 35.7 Å². The van der Waals surface area contributed by atoms with E-state index in [4.69, 9.17) is 19.6 Å². The summed E-state index contributed by atoms with van der Waals surface area (Å²) in [6.45, 7) is 8.53. The van der Waals surface area contributed by atoms with Gasteiger partial charge in [-0.2, -0.15) is 10.1 Å². The highest BCUT2D eigenvalue weighted by atomic mass is 16.5. The number of anilines is 1. The summed E-state index contributed by atoms with van der Waals surface area (Å²) >= 11 is 0. The fourth-order valence-electron chi connectivity index (χ4n) is 4.16. The highest BCUT2D eigenvalue weighted by molar-refractivity contribution is 5.92. The van der Waals surface area contributed by atoms with Crippen molar-refractivity contribution in [3.63, 3.8) is 0 Å². The van der Waals surface area contributed by atoms with Crippen molar-refractivity contribution in [1.29, 1.82) is 0 Å². The Hall–Kier alpha value is -3.87. The van der Waals surface area contributed by atoms with Crippen LogP contribution in [0.4, 0.5) is 5.69 Å². The molecule has 0 aliphatic heterocycles. The van der Waals surface area contributed by atoms with Crippen LogP contribution in [-0.4, -0.2) is 34.4 Å². The number of amides is 1. The molecule has 34 heavy (non-hydrogen) atoms. The zero-order chi connectivity index (χ0) is 24.2. The Morgan fingerprint density at radius 2 is 1.79 bits per heavy atom. The smallest absolute Gasteiger partial charge is 0.224 e. The summed E-state index contributed by atoms with van der Waals surface area (Å²) in [4.78, 5) is 17.6. The molecular weight excluding hydrogens is 428 g/mol. The van der Waals surface area contributed by atoms with E-state index in [1.165, 1.54) is 5.56 Å². The van der Waals surface area contributed by atoms with Crippen LogP contribution in [0.2, 0.25) is 0 Å². The molecule has 7 heteroatoms. The lowest BCUT2D eigenvalue weighted by atomic mass is 10.0. The standard InChI is InChI=1S/C27H30N4O3/c1-6-34-23-10-8-7-9-22(23)28-24(32)16-15-21-18(3)25-19(4)30-31(26(25)29-27(21)33-5)20-13-11-17(2)12-14-20/h7-14H,6,15-16H2,1-5H3,(H,28,32). The Labute approximate surface area is 199 Å². The Balaban J connectivity index is 1.62. The number of hydrogen-bond acceptors (Lipinski definition) is 5. The van der Waals surface area contributed by atoms with Gasteiger partial charge in [-0.3, -0.25) is 4.79 Å². The molecule has 0 bridgehead atoms. The first-order chi connectivity index (χ1) is 16.4. The maximum atomic E-state index is 12.8. The zero-order valence-electron chi connectivity index (χ0n) is 20.3. The van der Waals surface area contributed by atoms with Crippen LogP contribution in [0.5, 0.6) is 11.6 Å². The highest BCUT2D eigenvalue weighted by Crippen LogP contribution is 2.32. The Morgan fingerprint density at radius 1 is 1.06 bits per heavy atom. The van der Waals surface area contributed by atoms with Gasteiger partial charge in [0.15, 0.2) is 5.65 Å². The van der Waals surface area contributed by atoms with Crippen molar-refractivity contribution in [3.8, 4) is 17.3 Å². The number of nitrogens with zero attached hydrogens (tertiary/aromatic N) is 3. The minimum Gasteiger partial charge on any atom is -0.492 e. The van der Waals surface area contributed by atoms with Crippen molar-refractivity contribution in [3.05, 3.63) is 70.9 Å². The van der Waals surface area contributed by atoms with Crippen molar-refractivity contribution in [2.75, 3.05) is 19.0 Å². The minimum atomic E-state index is -0.0965. The van der Waals surface area contributed by atoms with Crippen molar-refractivity contribution in [2.24, 2.45) is 0 Å². The van der Waals surface area contributed by atoms with Gasteiger partial charge in [0.1, 0.15) is 5.75 Å². The summed E-state index contributed by atoms with van der Waals surface area (Å²) in [6, 6.07) is 15.6. The highest BCUT2D eigenvalue weighted by Gasteiger charge is 2.20. The third-order valence-electron chi connectivity index (χ3n) is 5.86. The predicted octanol–water partition coefficient (Wildman–Crippen LogP) is 5.32. The number of carbonyl (C=O) groups excluding carboxylic acids is 1. The predicted molar refractivity (Wildman–Crippen MR) is 134 cm³/mol. The monoisotopic (exact) mass is 458 g/mol. The molecule has 0 aliphatic carbocycles. The number of benzene rings is 2. The average molecular weight is 459 g/mol. The number of aromatic nitrogens is 3. The normalized spacial score (nSPS) is 11.0. The molecule has 4 rings (SSSR count). The molecule has 0 radical (unpaired) electrons. The number of hydrogen-bond donors (Lipinski definition) is 1. The Bertz CT molecular complexity index is 1330. The van der Waals surface area contributed by atoms with Crippen LogP contribution >= 0.6 is 0 Å². The summed E-state index contributed by atoms with van der Waals surface area (Å²) in [5, 5.41) is 8.69. The molecule has 0 spiro atoms. The maximum Gasteiger partial charge on any atom is 0.224 e. The van der Waals surface area contributed by atoms with Gasteiger partial charge in [-0.1, -0.05) is 29.8 Å². The summed E-state index contributed by atoms with van der Waals surface area (Å²) in [7, 11) is 1.61. The van der Waals surface area contributed by atoms with Gasteiger partial charge in [0.25, 0.3) is 0 Å². The van der Waals surface area contributed by atoms with E-state index < -0.39 is 0 Å². The number of rotatable bonds is 8. The van der Waals surface area contributed by atoms with Crippen molar-refractivity contribution in [1.82, 2.24) is 14.8 Å². The third kappa shape index (κ3) is 4.59. The molecule has 0 aliphatic rings. The van der Waals surface area contributed by atoms with Crippen LogP contribution < -0.4 is 14.8 Å². The van der Waals surface area contributed by atoms with E-state index in [0.29, 0.717) is 30.3 Å². The Morgan fingerprint density at radius 3 is 2.50 bits per heavy atom. The first-order valence-electron chi connectivity index (χ1n) is 11.4. The van der Waals surface area contributed by atoms with Crippen LogP contribution in [0.15, 0.2) is 48.5 Å². The summed E-state index contributed by atoms with van der Waals surface area (Å²) in [5.41, 5.74) is 6.37. The second kappa shape index (κ2) is 9.95. The van der Waals surface area contributed by atoms with Gasteiger partial charge >= 0.3 is 0 Å². The number of nitrogens with one attached hydrogen (secondary N) is 1. The number of carbonyl (C=O) groups is 1. The second-order valence-corrected chi connectivity index (χ2v) is 8.23. The molecule has 0 fully saturated rings. The first-order valence-corrected chi connectivity index (χ1v) is 11.4. The van der Waals surface area contributed by atoms with Crippen LogP contribution in [0, 0.1) is 20.8 Å². The van der Waals surface area contributed by atoms with Crippen LogP contribution in [0.25, 0.3) is 16.7 Å². The van der Waals surface area contributed by atoms with E-state index in [1.807, 2.05) is 61.9 Å². The molecule has 2 aromatic carbocycles. The lowest BCUT2D eigenvalue weighted by molar-refractivity contribution is -0.116. The maximum absolute atomic E-state index is 12.8. The first kappa shape index (κ1) is 23.3. The Kier molecular flexibility index (Phi) is 6.82. The SMILES string of the molecule is CCOc1ccccc1NC(=O)CCc1c(OC)nc2c(c(C)nn2-c2ccc(C)cc2)c1C. The molecule has 0 atom stereocenters. The van der Waals surface area contributed by atoms with Crippen molar-refractivity contribution in [2.45, 2.75) is 40.5 Å². The topological polar surface area (TPSA) is 78.3 Å². The van der Waals surface area contributed by atoms with Crippen molar-refractivity contribution >= 4 is 22.6 Å². The van der Waals surface area contributed by atoms with Gasteiger partial charge in [0.05, 0.1) is 30.8 Å². The van der Waals surface area contributed by atoms with E-state index in [2.05, 4.69) is 24.4 Å². The van der Waals surface area contributed by atoms with Crippen LogP contribution in [0.3, 0.4) is 0 Å². The van der Waals surface area contributed by atoms with Gasteiger partial charge < -0.3 is 14.8 Å². The lowest BCUT2D eigenvalue weighted by Gasteiger charge is -2.14. The van der Waals surface area contributed by atoms with Gasteiger partial charge in [-0.15, -0.1) is 0 Å². The molecule has 0 saturated carbocycles. The van der Waals surface area contributed by atoms with Crippen molar-refractivity contribution < 1.29 is 14.3 Å². The largest absolute Gasteiger partial charge is 0.492 e. The van der Waals surface area contributed by atoms with E-state index in [9.17, 15) is 4.79 Å². The fraction of sp³-hybridized carbons (Fsp3) is 0.296. The number of ether oxygens (including phenoxy) is 2. The average Bonchev–Trinajstić information content (AvgIpc) is 3.16. The molecule has 1 amide bonds. The van der Waals surface area contributed by atoms with E-state index in [1.54, 1.807) is 7.11 Å². The number of fused-ring (bicyclic) bond motifs is 1. The molecule has 0 saturated heterocycles. The quantitative estimate of drug-likeness (QED) is 0.386. The summed E-state index contributed by atoms with van der Waals surface area (Å²) in [6.07, 6.45) is 0.783. The van der Waals surface area contributed by atoms with Gasteiger partial charge in [0.2, 0.25) is 11.8 Å². The third-order valence-corrected chi connectivity index (χ3v) is 5.86. The molecule has 176 valence electrons. The molecule has 2 heterocycles. The zero-order valence-corrected chi connectivity index (χ0v) is 20.3. The molecule has 4 aromatic rings. The molecule has 0 unspecified atom stereocenters. The number of methoxy groups -OCH3 is 1.